The van der Waals surface area contributed by atoms with Gasteiger partial charge in [-0.2, -0.15) is 13.2 Å². The predicted octanol–water partition coefficient (Wildman–Crippen LogP) is 2.77. The lowest BCUT2D eigenvalue weighted by atomic mass is 10.2. The van der Waals surface area contributed by atoms with Crippen LogP contribution in [-0.4, -0.2) is 33.9 Å². The number of halogens is 3. The zero-order valence-electron chi connectivity index (χ0n) is 15.5. The van der Waals surface area contributed by atoms with E-state index in [1.807, 2.05) is 0 Å². The van der Waals surface area contributed by atoms with Crippen molar-refractivity contribution in [3.05, 3.63) is 46.0 Å². The molecule has 0 fully saturated rings. The van der Waals surface area contributed by atoms with Gasteiger partial charge in [-0.25, -0.2) is 4.79 Å². The van der Waals surface area contributed by atoms with Gasteiger partial charge in [0.1, 0.15) is 12.4 Å². The smallest absolute Gasteiger partial charge is 0.416 e. The first-order valence-electron chi connectivity index (χ1n) is 9.40. The fourth-order valence-corrected chi connectivity index (χ4v) is 3.36. The molecule has 1 aromatic heterocycles. The van der Waals surface area contributed by atoms with Crippen LogP contribution in [0.15, 0.2) is 29.1 Å². The van der Waals surface area contributed by atoms with Crippen molar-refractivity contribution in [1.82, 2.24) is 14.5 Å². The van der Waals surface area contributed by atoms with Crippen molar-refractivity contribution in [1.29, 1.82) is 0 Å². The normalized spacial score (nSPS) is 13.7. The van der Waals surface area contributed by atoms with E-state index in [4.69, 9.17) is 4.74 Å². The molecule has 0 bridgehead atoms. The van der Waals surface area contributed by atoms with Crippen LogP contribution in [0.4, 0.5) is 13.2 Å². The summed E-state index contributed by atoms with van der Waals surface area (Å²) in [5.74, 6) is 0.276. The topological polar surface area (TPSA) is 68.4 Å². The Morgan fingerprint density at radius 1 is 1.21 bits per heavy atom. The van der Waals surface area contributed by atoms with E-state index in [0.29, 0.717) is 26.2 Å². The van der Waals surface area contributed by atoms with E-state index < -0.39 is 11.7 Å². The van der Waals surface area contributed by atoms with E-state index in [2.05, 4.69) is 5.32 Å². The number of hydrogen-bond acceptors (Lipinski definition) is 4. The number of aromatic hydroxyl groups is 1. The second kappa shape index (κ2) is 8.72. The molecule has 1 aliphatic heterocycles. The quantitative estimate of drug-likeness (QED) is 0.637. The fourth-order valence-electron chi connectivity index (χ4n) is 3.36. The van der Waals surface area contributed by atoms with Gasteiger partial charge in [-0.3, -0.25) is 9.13 Å². The number of unbranched alkanes of at least 4 members (excludes halogenated alkanes) is 1. The highest BCUT2D eigenvalue weighted by Crippen LogP contribution is 2.31. The number of nitrogens with zero attached hydrogens (tertiary/aromatic N) is 2. The summed E-state index contributed by atoms with van der Waals surface area (Å²) in [5.41, 5.74) is -0.143. The molecule has 1 aromatic carbocycles. The summed E-state index contributed by atoms with van der Waals surface area (Å²) < 4.78 is 46.3. The number of alkyl halides is 3. The molecule has 2 N–H and O–H groups in total. The first-order valence-corrected chi connectivity index (χ1v) is 9.40. The fraction of sp³-hybridized carbons (Fsp3) is 0.526. The van der Waals surface area contributed by atoms with Crippen LogP contribution in [0.1, 0.15) is 30.5 Å². The molecular formula is C19H24F3N3O3. The van der Waals surface area contributed by atoms with Crippen LogP contribution < -0.4 is 15.7 Å². The maximum atomic E-state index is 12.6. The van der Waals surface area contributed by atoms with E-state index in [9.17, 15) is 23.1 Å². The number of rotatable bonds is 9. The summed E-state index contributed by atoms with van der Waals surface area (Å²) in [6.07, 6.45) is -1.21. The maximum absolute atomic E-state index is 12.6. The Labute approximate surface area is 160 Å². The first-order chi connectivity index (χ1) is 13.4. The molecule has 9 heteroatoms. The van der Waals surface area contributed by atoms with Crippen molar-refractivity contribution in [3.63, 3.8) is 0 Å². The minimum Gasteiger partial charge on any atom is -0.493 e. The molecule has 154 valence electrons. The van der Waals surface area contributed by atoms with Crippen LogP contribution in [0.5, 0.6) is 11.6 Å². The van der Waals surface area contributed by atoms with E-state index in [0.717, 1.165) is 43.5 Å². The number of fused-ring (bicyclic) bond motifs is 1. The second-order valence-electron chi connectivity index (χ2n) is 6.79. The van der Waals surface area contributed by atoms with Gasteiger partial charge in [0.15, 0.2) is 0 Å². The van der Waals surface area contributed by atoms with E-state index in [-0.39, 0.29) is 23.9 Å². The van der Waals surface area contributed by atoms with Gasteiger partial charge in [0.05, 0.1) is 11.3 Å². The molecule has 1 aliphatic rings. The molecule has 0 aliphatic carbocycles. The highest BCUT2D eigenvalue weighted by atomic mass is 19.4. The van der Waals surface area contributed by atoms with Gasteiger partial charge in [-0.1, -0.05) is 6.07 Å². The van der Waals surface area contributed by atoms with Crippen molar-refractivity contribution >= 4 is 0 Å². The van der Waals surface area contributed by atoms with Crippen LogP contribution in [0.2, 0.25) is 0 Å². The molecule has 2 aromatic rings. The van der Waals surface area contributed by atoms with Crippen LogP contribution in [0.25, 0.3) is 0 Å². The predicted molar refractivity (Wildman–Crippen MR) is 97.7 cm³/mol. The molecule has 28 heavy (non-hydrogen) atoms. The third kappa shape index (κ3) is 4.70. The number of aromatic nitrogens is 2. The van der Waals surface area contributed by atoms with Crippen molar-refractivity contribution < 1.29 is 23.0 Å². The van der Waals surface area contributed by atoms with Gasteiger partial charge in [0.2, 0.25) is 5.88 Å². The van der Waals surface area contributed by atoms with Crippen LogP contribution in [-0.2, 0) is 25.7 Å². The molecule has 0 spiro atoms. The van der Waals surface area contributed by atoms with Gasteiger partial charge in [-0.05, 0) is 50.4 Å². The molecule has 2 heterocycles. The Hall–Kier alpha value is -2.42. The lowest BCUT2D eigenvalue weighted by Crippen LogP contribution is -2.25. The van der Waals surface area contributed by atoms with E-state index in [1.54, 1.807) is 4.57 Å². The average Bonchev–Trinajstić information content (AvgIpc) is 3.22. The Balaban J connectivity index is 1.32. The molecule has 3 rings (SSSR count). The maximum Gasteiger partial charge on any atom is 0.416 e. The average molecular weight is 399 g/mol. The molecule has 0 radical (unpaired) electrons. The summed E-state index contributed by atoms with van der Waals surface area (Å²) in [5, 5.41) is 13.3. The number of nitrogens with one attached hydrogen (secondary N) is 1. The van der Waals surface area contributed by atoms with Gasteiger partial charge in [0.25, 0.3) is 0 Å². The van der Waals surface area contributed by atoms with Crippen molar-refractivity contribution in [2.45, 2.75) is 44.9 Å². The minimum absolute atomic E-state index is 0.0879. The third-order valence-electron chi connectivity index (χ3n) is 4.79. The highest BCUT2D eigenvalue weighted by Gasteiger charge is 2.30. The zero-order chi connectivity index (χ0) is 20.1. The van der Waals surface area contributed by atoms with Crippen molar-refractivity contribution in [3.8, 4) is 11.6 Å². The largest absolute Gasteiger partial charge is 0.493 e. The highest BCUT2D eigenvalue weighted by molar-refractivity contribution is 5.30. The first kappa shape index (κ1) is 20.3. The summed E-state index contributed by atoms with van der Waals surface area (Å²) >= 11 is 0. The Kier molecular flexibility index (Phi) is 6.33. The summed E-state index contributed by atoms with van der Waals surface area (Å²) in [7, 11) is 0. The van der Waals surface area contributed by atoms with Gasteiger partial charge >= 0.3 is 11.9 Å². The monoisotopic (exact) mass is 399 g/mol. The minimum atomic E-state index is -4.38. The molecule has 6 nitrogen and oxygen atoms in total. The number of benzene rings is 1. The van der Waals surface area contributed by atoms with Gasteiger partial charge < -0.3 is 15.2 Å². The third-order valence-corrected chi connectivity index (χ3v) is 4.79. The summed E-state index contributed by atoms with van der Waals surface area (Å²) in [6, 6.07) is 4.81. The van der Waals surface area contributed by atoms with Crippen LogP contribution >= 0.6 is 0 Å². The zero-order valence-corrected chi connectivity index (χ0v) is 15.5. The number of ether oxygens (including phenoxy) is 1. The molecule has 0 atom stereocenters. The van der Waals surface area contributed by atoms with Crippen LogP contribution in [0, 0.1) is 0 Å². The molecule has 0 amide bonds. The number of hydrogen-bond donors (Lipinski definition) is 2. The van der Waals surface area contributed by atoms with Gasteiger partial charge in [0, 0.05) is 19.6 Å². The van der Waals surface area contributed by atoms with Crippen molar-refractivity contribution in [2.75, 3.05) is 19.7 Å². The molecule has 0 unspecified atom stereocenters. The summed E-state index contributed by atoms with van der Waals surface area (Å²) in [4.78, 5) is 12.2. The molecule has 0 saturated heterocycles. The van der Waals surface area contributed by atoms with Gasteiger partial charge in [-0.15, -0.1) is 0 Å². The standard InChI is InChI=1S/C19H24F3N3O3/c20-19(21,22)14-5-3-6-15(13-14)28-12-9-23-8-1-2-10-25-17(26)16-7-4-11-24(16)18(25)27/h3,5-6,13,23,26H,1-2,4,7-12H2. The summed E-state index contributed by atoms with van der Waals surface area (Å²) in [6.45, 7) is 2.58. The number of imidazole rings is 1. The lowest BCUT2D eigenvalue weighted by molar-refractivity contribution is -0.137. The van der Waals surface area contributed by atoms with E-state index >= 15 is 0 Å². The Morgan fingerprint density at radius 3 is 2.79 bits per heavy atom. The SMILES string of the molecule is O=c1n(CCCCNCCOc2cccc(C(F)(F)F)c2)c(O)c2n1CCC2. The van der Waals surface area contributed by atoms with Crippen LogP contribution in [0.3, 0.4) is 0 Å². The van der Waals surface area contributed by atoms with E-state index in [1.165, 1.54) is 16.7 Å². The second-order valence-corrected chi connectivity index (χ2v) is 6.79. The molecule has 0 saturated carbocycles. The Morgan fingerprint density at radius 2 is 2.04 bits per heavy atom. The lowest BCUT2D eigenvalue weighted by Gasteiger charge is -2.11. The van der Waals surface area contributed by atoms with Crippen molar-refractivity contribution in [2.24, 2.45) is 0 Å². The Bertz CT molecular complexity index is 858. The molecular weight excluding hydrogens is 375 g/mol.